The second kappa shape index (κ2) is 12.0. The molecule has 1 saturated heterocycles. The predicted molar refractivity (Wildman–Crippen MR) is 150 cm³/mol. The summed E-state index contributed by atoms with van der Waals surface area (Å²) in [5.41, 5.74) is -2.24. The summed E-state index contributed by atoms with van der Waals surface area (Å²) in [4.78, 5) is 39.3. The van der Waals surface area contributed by atoms with Gasteiger partial charge in [-0.25, -0.2) is 4.79 Å². The quantitative estimate of drug-likeness (QED) is 0.197. The van der Waals surface area contributed by atoms with E-state index in [1.54, 1.807) is 6.92 Å². The standard InChI is InChI=1S/C28H24Cl4O9/c1-13-8-15(33)11-20(34)28(13)26(35)22-19(37-6-7-39-21-4-2-3-5-38-21)12-16(23(32)25(22)41-28)27(36)40-24-17(30)9-14(29)10-18(24)31/h9-13,21,34H,2-8H2,1H3/t13-,21?,28+/m1/s1. The molecule has 218 valence electrons. The topological polar surface area (TPSA) is 118 Å². The van der Waals surface area contributed by atoms with E-state index in [4.69, 9.17) is 70.1 Å². The lowest BCUT2D eigenvalue weighted by Gasteiger charge is -2.34. The second-order valence-corrected chi connectivity index (χ2v) is 11.4. The van der Waals surface area contributed by atoms with E-state index < -0.39 is 29.0 Å². The first-order chi connectivity index (χ1) is 19.5. The highest BCUT2D eigenvalue weighted by Gasteiger charge is 2.59. The van der Waals surface area contributed by atoms with Crippen molar-refractivity contribution in [2.75, 3.05) is 19.8 Å². The molecule has 2 aromatic rings. The van der Waals surface area contributed by atoms with Crippen LogP contribution in [0.15, 0.2) is 30.0 Å². The van der Waals surface area contributed by atoms with Gasteiger partial charge in [0.05, 0.1) is 27.2 Å². The van der Waals surface area contributed by atoms with Crippen LogP contribution in [-0.2, 0) is 14.3 Å². The molecule has 2 aliphatic heterocycles. The molecule has 0 aromatic heterocycles. The molecule has 1 N–H and O–H groups in total. The van der Waals surface area contributed by atoms with E-state index in [1.165, 1.54) is 18.2 Å². The molecule has 1 aliphatic carbocycles. The highest BCUT2D eigenvalue weighted by Crippen LogP contribution is 2.52. The third-order valence-corrected chi connectivity index (χ3v) is 8.21. The van der Waals surface area contributed by atoms with E-state index in [1.807, 2.05) is 0 Å². The van der Waals surface area contributed by atoms with Gasteiger partial charge in [0, 0.05) is 30.0 Å². The van der Waals surface area contributed by atoms with Crippen LogP contribution in [0.5, 0.6) is 17.2 Å². The average Bonchev–Trinajstić information content (AvgIpc) is 3.24. The first-order valence-corrected chi connectivity index (χ1v) is 14.3. The molecule has 1 unspecified atom stereocenters. The molecule has 0 amide bonds. The number of benzene rings is 2. The van der Waals surface area contributed by atoms with Gasteiger partial charge in [-0.2, -0.15) is 0 Å². The minimum Gasteiger partial charge on any atom is -0.507 e. The highest BCUT2D eigenvalue weighted by atomic mass is 35.5. The molecule has 41 heavy (non-hydrogen) atoms. The number of hydrogen-bond donors (Lipinski definition) is 1. The Hall–Kier alpha value is -2.53. The molecule has 3 aliphatic rings. The smallest absolute Gasteiger partial charge is 0.345 e. The summed E-state index contributed by atoms with van der Waals surface area (Å²) in [6.45, 7) is 2.30. The maximum Gasteiger partial charge on any atom is 0.345 e. The van der Waals surface area contributed by atoms with Crippen LogP contribution in [0, 0.1) is 5.92 Å². The highest BCUT2D eigenvalue weighted by molar-refractivity contribution is 6.40. The second-order valence-electron chi connectivity index (χ2n) is 9.81. The SMILES string of the molecule is C[C@@H]1CC(=O)C=C(O)[C@@]12Oc1c(Cl)c(C(=O)Oc3c(Cl)cc(Cl)cc3Cl)cc(OCCOC3CCCCO3)c1C2=O. The van der Waals surface area contributed by atoms with E-state index in [-0.39, 0.29) is 80.2 Å². The van der Waals surface area contributed by atoms with Crippen molar-refractivity contribution in [2.24, 2.45) is 5.92 Å². The Morgan fingerprint density at radius 3 is 2.49 bits per heavy atom. The molecule has 0 bridgehead atoms. The zero-order valence-corrected chi connectivity index (χ0v) is 24.7. The van der Waals surface area contributed by atoms with Crippen molar-refractivity contribution in [3.05, 3.63) is 61.3 Å². The van der Waals surface area contributed by atoms with Crippen LogP contribution in [0.2, 0.25) is 20.1 Å². The van der Waals surface area contributed by atoms with Crippen molar-refractivity contribution in [3.8, 4) is 17.2 Å². The van der Waals surface area contributed by atoms with E-state index in [9.17, 15) is 19.5 Å². The van der Waals surface area contributed by atoms with Gasteiger partial charge in [-0.05, 0) is 37.5 Å². The molecule has 1 fully saturated rings. The summed E-state index contributed by atoms with van der Waals surface area (Å²) in [6, 6.07) is 3.93. The number of aliphatic hydroxyl groups excluding tert-OH is 1. The van der Waals surface area contributed by atoms with E-state index in [0.29, 0.717) is 6.61 Å². The number of hydrogen-bond acceptors (Lipinski definition) is 9. The lowest BCUT2D eigenvalue weighted by molar-refractivity contribution is -0.165. The van der Waals surface area contributed by atoms with Crippen molar-refractivity contribution < 1.29 is 43.2 Å². The average molecular weight is 646 g/mol. The van der Waals surface area contributed by atoms with Gasteiger partial charge < -0.3 is 28.8 Å². The molecule has 0 radical (unpaired) electrons. The van der Waals surface area contributed by atoms with Crippen LogP contribution < -0.4 is 14.2 Å². The van der Waals surface area contributed by atoms with Gasteiger partial charge in [-0.1, -0.05) is 53.3 Å². The van der Waals surface area contributed by atoms with Gasteiger partial charge in [0.2, 0.25) is 11.4 Å². The largest absolute Gasteiger partial charge is 0.507 e. The molecule has 0 saturated carbocycles. The van der Waals surface area contributed by atoms with Crippen LogP contribution in [0.25, 0.3) is 0 Å². The number of halogens is 4. The van der Waals surface area contributed by atoms with Crippen LogP contribution in [0.4, 0.5) is 0 Å². The normalized spacial score (nSPS) is 23.7. The number of ketones is 2. The number of carbonyl (C=O) groups is 3. The number of fused-ring (bicyclic) bond motifs is 1. The van der Waals surface area contributed by atoms with Crippen molar-refractivity contribution in [1.29, 1.82) is 0 Å². The minimum atomic E-state index is -1.92. The molecule has 3 atom stereocenters. The van der Waals surface area contributed by atoms with Crippen molar-refractivity contribution in [3.63, 3.8) is 0 Å². The fourth-order valence-electron chi connectivity index (χ4n) is 5.03. The number of allylic oxidation sites excluding steroid dienone is 1. The Kier molecular flexibility index (Phi) is 8.76. The monoisotopic (exact) mass is 644 g/mol. The van der Waals surface area contributed by atoms with Crippen molar-refractivity contribution >= 4 is 63.9 Å². The van der Waals surface area contributed by atoms with Gasteiger partial charge in [0.15, 0.2) is 23.6 Å². The number of Topliss-reactive ketones (excluding diaryl/α,β-unsaturated/α-hetero) is 1. The summed E-state index contributed by atoms with van der Waals surface area (Å²) in [7, 11) is 0. The molecular formula is C28H24Cl4O9. The van der Waals surface area contributed by atoms with E-state index in [2.05, 4.69) is 0 Å². The van der Waals surface area contributed by atoms with Gasteiger partial charge in [-0.15, -0.1) is 0 Å². The third kappa shape index (κ3) is 5.63. The Balaban J connectivity index is 1.50. The van der Waals surface area contributed by atoms with Crippen LogP contribution in [-0.4, -0.2) is 54.4 Å². The van der Waals surface area contributed by atoms with E-state index >= 15 is 0 Å². The van der Waals surface area contributed by atoms with Gasteiger partial charge >= 0.3 is 5.97 Å². The Labute approximate surface area is 255 Å². The zero-order valence-electron chi connectivity index (χ0n) is 21.6. The molecular weight excluding hydrogens is 622 g/mol. The maximum absolute atomic E-state index is 13.9. The van der Waals surface area contributed by atoms with Gasteiger partial charge in [0.1, 0.15) is 23.7 Å². The number of aliphatic hydroxyl groups is 1. The fourth-order valence-corrected chi connectivity index (χ4v) is 6.19. The predicted octanol–water partition coefficient (Wildman–Crippen LogP) is 6.81. The Bertz CT molecular complexity index is 1430. The summed E-state index contributed by atoms with van der Waals surface area (Å²) < 4.78 is 28.7. The number of ether oxygens (including phenoxy) is 5. The molecule has 5 rings (SSSR count). The fraction of sp³-hybridized carbons (Fsp3) is 0.393. The lowest BCUT2D eigenvalue weighted by atomic mass is 9.75. The summed E-state index contributed by atoms with van der Waals surface area (Å²) >= 11 is 24.9. The van der Waals surface area contributed by atoms with Crippen LogP contribution >= 0.6 is 46.4 Å². The molecule has 13 heteroatoms. The zero-order chi connectivity index (χ0) is 29.5. The summed E-state index contributed by atoms with van der Waals surface area (Å²) in [6.07, 6.45) is 3.23. The molecule has 1 spiro atoms. The third-order valence-electron chi connectivity index (χ3n) is 7.05. The van der Waals surface area contributed by atoms with Crippen molar-refractivity contribution in [1.82, 2.24) is 0 Å². The van der Waals surface area contributed by atoms with Crippen molar-refractivity contribution in [2.45, 2.75) is 44.5 Å². The number of esters is 1. The van der Waals surface area contributed by atoms with E-state index in [0.717, 1.165) is 25.3 Å². The maximum atomic E-state index is 13.9. The molecule has 2 heterocycles. The van der Waals surface area contributed by atoms with Gasteiger partial charge in [0.25, 0.3) is 0 Å². The van der Waals surface area contributed by atoms with Gasteiger partial charge in [-0.3, -0.25) is 9.59 Å². The van der Waals surface area contributed by atoms with Crippen LogP contribution in [0.3, 0.4) is 0 Å². The first kappa shape index (κ1) is 29.9. The number of carbonyl (C=O) groups excluding carboxylic acids is 3. The number of rotatable bonds is 7. The molecule has 9 nitrogen and oxygen atoms in total. The summed E-state index contributed by atoms with van der Waals surface area (Å²) in [5.74, 6) is -3.75. The van der Waals surface area contributed by atoms with Crippen LogP contribution in [0.1, 0.15) is 53.3 Å². The Morgan fingerprint density at radius 1 is 1.10 bits per heavy atom. The minimum absolute atomic E-state index is 0.0204. The first-order valence-electron chi connectivity index (χ1n) is 12.8. The summed E-state index contributed by atoms with van der Waals surface area (Å²) in [5, 5.41) is 10.7. The molecule has 2 aromatic carbocycles. The Morgan fingerprint density at radius 2 is 1.83 bits per heavy atom. The lowest BCUT2D eigenvalue weighted by Crippen LogP contribution is -2.51.